The maximum atomic E-state index is 12.3. The molecule has 10 heteroatoms. The Morgan fingerprint density at radius 3 is 2.65 bits per heavy atom. The molecule has 2 fully saturated rings. The van der Waals surface area contributed by atoms with Gasteiger partial charge in [0.2, 0.25) is 5.91 Å². The molecule has 210 valence electrons. The number of hydrogen-bond acceptors (Lipinski definition) is 7. The molecule has 1 aliphatic carbocycles. The third-order valence-electron chi connectivity index (χ3n) is 8.47. The van der Waals surface area contributed by atoms with E-state index in [1.807, 2.05) is 23.7 Å². The molecule has 10 nitrogen and oxygen atoms in total. The SMILES string of the molecule is C[C@@H]1CCCC[C@@H]1Oc1ccc(CN2Cc3ccc(-c4ncc(N5CCC(=O)NC5=O)n4C)nc3[C@@H]2CO)cc1. The molecule has 0 bridgehead atoms. The number of pyridine rings is 1. The largest absolute Gasteiger partial charge is 0.490 e. The standard InChI is InChI=1S/C30H36N6O4/c1-19-5-3-4-6-25(19)40-22-10-7-20(8-11-22)16-35-17-21-9-12-23(32-28(21)24(35)18-37)29-31-15-27(34(29)2)36-14-13-26(38)33-30(36)39/h7-12,15,19,24-25,37H,3-6,13-14,16-18H2,1-2H3,(H,33,38,39)/t19-,24+,25+/m1/s1. The van der Waals surface area contributed by atoms with Gasteiger partial charge in [-0.25, -0.2) is 14.8 Å². The van der Waals surface area contributed by atoms with E-state index in [2.05, 4.69) is 46.4 Å². The number of ether oxygens (including phenoxy) is 1. The van der Waals surface area contributed by atoms with E-state index in [-0.39, 0.29) is 25.0 Å². The summed E-state index contributed by atoms with van der Waals surface area (Å²) in [6.07, 6.45) is 7.04. The number of imide groups is 1. The van der Waals surface area contributed by atoms with Crippen molar-refractivity contribution in [2.75, 3.05) is 18.1 Å². The van der Waals surface area contributed by atoms with Gasteiger partial charge in [-0.3, -0.25) is 19.9 Å². The minimum absolute atomic E-state index is 0.0436. The number of carbonyl (C=O) groups excluding carboxylic acids is 2. The van der Waals surface area contributed by atoms with Crippen LogP contribution in [0.15, 0.2) is 42.6 Å². The summed E-state index contributed by atoms with van der Waals surface area (Å²) in [4.78, 5) is 37.1. The molecule has 4 heterocycles. The summed E-state index contributed by atoms with van der Waals surface area (Å²) in [7, 11) is 1.83. The molecule has 1 saturated carbocycles. The van der Waals surface area contributed by atoms with Gasteiger partial charge in [0.25, 0.3) is 0 Å². The fourth-order valence-corrected chi connectivity index (χ4v) is 6.13. The number of aliphatic hydroxyl groups excluding tert-OH is 1. The van der Waals surface area contributed by atoms with Crippen molar-refractivity contribution in [1.29, 1.82) is 0 Å². The Morgan fingerprint density at radius 1 is 1.10 bits per heavy atom. The van der Waals surface area contributed by atoms with Gasteiger partial charge in [-0.2, -0.15) is 0 Å². The highest BCUT2D eigenvalue weighted by molar-refractivity contribution is 6.05. The van der Waals surface area contributed by atoms with Crippen LogP contribution in [0.1, 0.15) is 61.9 Å². The van der Waals surface area contributed by atoms with Crippen LogP contribution >= 0.6 is 0 Å². The summed E-state index contributed by atoms with van der Waals surface area (Å²) in [5.74, 6) is 2.43. The number of nitrogens with zero attached hydrogens (tertiary/aromatic N) is 5. The lowest BCUT2D eigenvalue weighted by molar-refractivity contribution is -0.120. The van der Waals surface area contributed by atoms with Gasteiger partial charge in [0.1, 0.15) is 23.4 Å². The van der Waals surface area contributed by atoms with Crippen LogP contribution in [0.3, 0.4) is 0 Å². The molecule has 3 amide bonds. The maximum absolute atomic E-state index is 12.3. The number of imidazole rings is 1. The first-order valence-electron chi connectivity index (χ1n) is 14.1. The van der Waals surface area contributed by atoms with Gasteiger partial charge in [-0.1, -0.05) is 31.5 Å². The minimum Gasteiger partial charge on any atom is -0.490 e. The van der Waals surface area contributed by atoms with Crippen molar-refractivity contribution in [3.05, 3.63) is 59.4 Å². The Balaban J connectivity index is 1.16. The Bertz CT molecular complexity index is 1400. The fraction of sp³-hybridized carbons (Fsp3) is 0.467. The Kier molecular flexibility index (Phi) is 7.29. The summed E-state index contributed by atoms with van der Waals surface area (Å²) in [6, 6.07) is 11.6. The topological polar surface area (TPSA) is 113 Å². The molecule has 1 saturated heterocycles. The zero-order valence-corrected chi connectivity index (χ0v) is 23.0. The van der Waals surface area contributed by atoms with Crippen molar-refractivity contribution in [2.24, 2.45) is 13.0 Å². The molecule has 2 N–H and O–H groups in total. The lowest BCUT2D eigenvalue weighted by atomic mass is 9.88. The molecule has 2 aromatic heterocycles. The summed E-state index contributed by atoms with van der Waals surface area (Å²) >= 11 is 0. The molecule has 0 unspecified atom stereocenters. The number of fused-ring (bicyclic) bond motifs is 1. The molecule has 1 aromatic carbocycles. The van der Waals surface area contributed by atoms with E-state index in [1.165, 1.54) is 24.2 Å². The van der Waals surface area contributed by atoms with E-state index in [0.29, 0.717) is 49.0 Å². The van der Waals surface area contributed by atoms with Crippen LogP contribution in [0.4, 0.5) is 10.6 Å². The lowest BCUT2D eigenvalue weighted by Crippen LogP contribution is -2.50. The minimum atomic E-state index is -0.452. The summed E-state index contributed by atoms with van der Waals surface area (Å²) in [5, 5.41) is 12.7. The summed E-state index contributed by atoms with van der Waals surface area (Å²) in [5.41, 5.74) is 3.75. The molecule has 3 aromatic rings. The number of hydrogen-bond donors (Lipinski definition) is 2. The molecular formula is C30H36N6O4. The van der Waals surface area contributed by atoms with Gasteiger partial charge in [-0.15, -0.1) is 0 Å². The van der Waals surface area contributed by atoms with E-state index in [1.54, 1.807) is 6.20 Å². The highest BCUT2D eigenvalue weighted by Crippen LogP contribution is 2.36. The summed E-state index contributed by atoms with van der Waals surface area (Å²) in [6.45, 7) is 3.92. The van der Waals surface area contributed by atoms with Crippen LogP contribution in [0.25, 0.3) is 11.5 Å². The number of benzene rings is 1. The second-order valence-corrected chi connectivity index (χ2v) is 11.2. The van der Waals surface area contributed by atoms with Crippen molar-refractivity contribution in [3.8, 4) is 17.3 Å². The predicted molar refractivity (Wildman–Crippen MR) is 150 cm³/mol. The quantitative estimate of drug-likeness (QED) is 0.463. The smallest absolute Gasteiger partial charge is 0.329 e. The molecule has 3 atom stereocenters. The number of carbonyl (C=O) groups is 2. The van der Waals surface area contributed by atoms with E-state index in [4.69, 9.17) is 9.72 Å². The van der Waals surface area contributed by atoms with Crippen LogP contribution in [-0.2, 0) is 24.9 Å². The molecule has 3 aliphatic rings. The molecule has 6 rings (SSSR count). The van der Waals surface area contributed by atoms with Crippen molar-refractivity contribution in [2.45, 2.75) is 64.3 Å². The maximum Gasteiger partial charge on any atom is 0.329 e. The van der Waals surface area contributed by atoms with Gasteiger partial charge >= 0.3 is 6.03 Å². The Labute approximate surface area is 234 Å². The first-order valence-corrected chi connectivity index (χ1v) is 14.1. The number of aromatic nitrogens is 3. The zero-order chi connectivity index (χ0) is 27.8. The Morgan fingerprint density at radius 2 is 1.90 bits per heavy atom. The monoisotopic (exact) mass is 544 g/mol. The highest BCUT2D eigenvalue weighted by atomic mass is 16.5. The predicted octanol–water partition coefficient (Wildman–Crippen LogP) is 3.94. The van der Waals surface area contributed by atoms with Gasteiger partial charge in [0.15, 0.2) is 5.82 Å². The number of amides is 3. The highest BCUT2D eigenvalue weighted by Gasteiger charge is 2.33. The van der Waals surface area contributed by atoms with Crippen molar-refractivity contribution in [3.63, 3.8) is 0 Å². The van der Waals surface area contributed by atoms with Gasteiger partial charge < -0.3 is 14.4 Å². The molecule has 0 radical (unpaired) electrons. The Hall–Kier alpha value is -3.76. The second-order valence-electron chi connectivity index (χ2n) is 11.2. The lowest BCUT2D eigenvalue weighted by Gasteiger charge is -2.29. The van der Waals surface area contributed by atoms with Crippen LogP contribution in [0, 0.1) is 5.92 Å². The molecule has 2 aliphatic heterocycles. The van der Waals surface area contributed by atoms with Crippen LogP contribution in [-0.4, -0.2) is 55.7 Å². The van der Waals surface area contributed by atoms with Crippen molar-refractivity contribution >= 4 is 17.8 Å². The third-order valence-corrected chi connectivity index (χ3v) is 8.47. The normalized spacial score (nSPS) is 23.3. The number of rotatable bonds is 7. The molecule has 0 spiro atoms. The molecular weight excluding hydrogens is 508 g/mol. The first kappa shape index (κ1) is 26.5. The van der Waals surface area contributed by atoms with Crippen LogP contribution in [0.5, 0.6) is 5.75 Å². The van der Waals surface area contributed by atoms with Crippen LogP contribution in [0.2, 0.25) is 0 Å². The average Bonchev–Trinajstić information content (AvgIpc) is 3.50. The number of aliphatic hydroxyl groups is 1. The van der Waals surface area contributed by atoms with Gasteiger partial charge in [-0.05, 0) is 54.5 Å². The van der Waals surface area contributed by atoms with E-state index in [9.17, 15) is 14.7 Å². The summed E-state index contributed by atoms with van der Waals surface area (Å²) < 4.78 is 8.10. The van der Waals surface area contributed by atoms with Crippen molar-refractivity contribution < 1.29 is 19.4 Å². The second kappa shape index (κ2) is 11.0. The third kappa shape index (κ3) is 5.09. The zero-order valence-electron chi connectivity index (χ0n) is 23.0. The van der Waals surface area contributed by atoms with E-state index >= 15 is 0 Å². The van der Waals surface area contributed by atoms with Crippen molar-refractivity contribution in [1.82, 2.24) is 24.8 Å². The van der Waals surface area contributed by atoms with E-state index < -0.39 is 6.03 Å². The number of anilines is 1. The van der Waals surface area contributed by atoms with Gasteiger partial charge in [0.05, 0.1) is 24.5 Å². The first-order chi connectivity index (χ1) is 19.4. The fourth-order valence-electron chi connectivity index (χ4n) is 6.13. The van der Waals surface area contributed by atoms with Crippen LogP contribution < -0.4 is 15.0 Å². The van der Waals surface area contributed by atoms with Gasteiger partial charge in [0, 0.05) is 33.1 Å². The van der Waals surface area contributed by atoms with E-state index in [0.717, 1.165) is 29.0 Å². The number of nitrogens with one attached hydrogen (secondary N) is 1. The molecule has 40 heavy (non-hydrogen) atoms. The number of urea groups is 1. The average molecular weight is 545 g/mol.